The number of carbonyl (C=O) groups is 1. The first-order chi connectivity index (χ1) is 11.0. The lowest BCUT2D eigenvalue weighted by atomic mass is 10.2. The number of fused-ring (bicyclic) bond motifs is 1. The van der Waals surface area contributed by atoms with Crippen LogP contribution in [0.2, 0.25) is 0 Å². The highest BCUT2D eigenvalue weighted by Crippen LogP contribution is 2.15. The maximum absolute atomic E-state index is 12.6. The lowest BCUT2D eigenvalue weighted by Gasteiger charge is -2.10. The molecule has 3 aromatic rings. The molecule has 2 heterocycles. The van der Waals surface area contributed by atoms with E-state index in [2.05, 4.69) is 26.2 Å². The summed E-state index contributed by atoms with van der Waals surface area (Å²) in [5, 5.41) is 2.67. The Hall–Kier alpha value is -2.47. The Balaban J connectivity index is 2.05. The van der Waals surface area contributed by atoms with Gasteiger partial charge in [0, 0.05) is 16.2 Å². The number of nitrogens with one attached hydrogen (secondary N) is 1. The zero-order valence-electron chi connectivity index (χ0n) is 12.6. The number of anilines is 1. The van der Waals surface area contributed by atoms with E-state index in [0.29, 0.717) is 16.9 Å². The fraction of sp³-hybridized carbons (Fsp3) is 0.118. The number of halogens is 1. The van der Waals surface area contributed by atoms with Gasteiger partial charge < -0.3 is 5.32 Å². The van der Waals surface area contributed by atoms with Crippen molar-refractivity contribution >= 4 is 33.2 Å². The summed E-state index contributed by atoms with van der Waals surface area (Å²) in [7, 11) is 0. The van der Waals surface area contributed by atoms with Crippen LogP contribution in [0.4, 0.5) is 5.69 Å². The molecule has 0 saturated carbocycles. The van der Waals surface area contributed by atoms with Crippen molar-refractivity contribution in [2.45, 2.75) is 13.8 Å². The third-order valence-corrected chi connectivity index (χ3v) is 3.99. The predicted molar refractivity (Wildman–Crippen MR) is 93.0 cm³/mol. The van der Waals surface area contributed by atoms with Crippen molar-refractivity contribution in [2.75, 3.05) is 5.32 Å². The van der Waals surface area contributed by atoms with E-state index >= 15 is 0 Å². The van der Waals surface area contributed by atoms with E-state index < -0.39 is 0 Å². The van der Waals surface area contributed by atoms with E-state index in [0.717, 1.165) is 10.0 Å². The largest absolute Gasteiger partial charge is 0.316 e. The Morgan fingerprint density at radius 1 is 1.22 bits per heavy atom. The average molecular weight is 372 g/mol. The minimum atomic E-state index is -0.347. The maximum atomic E-state index is 12.6. The average Bonchev–Trinajstić information content (AvgIpc) is 2.51. The summed E-state index contributed by atoms with van der Waals surface area (Å²) < 4.78 is 2.22. The van der Waals surface area contributed by atoms with E-state index in [4.69, 9.17) is 0 Å². The number of nitrogens with zero attached hydrogens (tertiary/aromatic N) is 2. The van der Waals surface area contributed by atoms with E-state index in [-0.39, 0.29) is 17.2 Å². The van der Waals surface area contributed by atoms with Crippen molar-refractivity contribution in [3.05, 3.63) is 74.2 Å². The first-order valence-electron chi connectivity index (χ1n) is 7.02. The molecule has 0 atom stereocenters. The number of aryl methyl sites for hydroxylation is 2. The second-order valence-electron chi connectivity index (χ2n) is 5.27. The van der Waals surface area contributed by atoms with Gasteiger partial charge in [-0.25, -0.2) is 4.98 Å². The van der Waals surface area contributed by atoms with Crippen LogP contribution >= 0.6 is 15.9 Å². The summed E-state index contributed by atoms with van der Waals surface area (Å²) >= 11 is 3.33. The Labute approximate surface area is 141 Å². The minimum absolute atomic E-state index is 0.191. The maximum Gasteiger partial charge on any atom is 0.281 e. The second kappa shape index (κ2) is 5.96. The molecule has 1 N–H and O–H groups in total. The highest BCUT2D eigenvalue weighted by molar-refractivity contribution is 9.10. The van der Waals surface area contributed by atoms with E-state index in [1.54, 1.807) is 31.3 Å². The quantitative estimate of drug-likeness (QED) is 0.751. The molecular weight excluding hydrogens is 358 g/mol. The fourth-order valence-corrected chi connectivity index (χ4v) is 2.71. The number of carbonyl (C=O) groups excluding carboxylic acids is 1. The van der Waals surface area contributed by atoms with Gasteiger partial charge >= 0.3 is 0 Å². The fourth-order valence-electron chi connectivity index (χ4n) is 2.31. The standard InChI is InChI=1S/C17H14BrN3O2/c1-10-6-7-21-14(8-10)19-11(2)15(17(21)23)20-16(22)12-4-3-5-13(18)9-12/h3-9H,1-2H3,(H,20,22). The normalized spacial score (nSPS) is 10.7. The third-order valence-electron chi connectivity index (χ3n) is 3.49. The molecule has 0 spiro atoms. The van der Waals surface area contributed by atoms with Crippen molar-refractivity contribution in [1.29, 1.82) is 0 Å². The molecule has 0 aliphatic carbocycles. The minimum Gasteiger partial charge on any atom is -0.316 e. The molecule has 116 valence electrons. The molecule has 0 unspecified atom stereocenters. The second-order valence-corrected chi connectivity index (χ2v) is 6.19. The smallest absolute Gasteiger partial charge is 0.281 e. The summed E-state index contributed by atoms with van der Waals surface area (Å²) in [6.07, 6.45) is 1.66. The third kappa shape index (κ3) is 3.03. The monoisotopic (exact) mass is 371 g/mol. The van der Waals surface area contributed by atoms with E-state index in [1.165, 1.54) is 4.40 Å². The van der Waals surface area contributed by atoms with Crippen LogP contribution in [-0.2, 0) is 0 Å². The Kier molecular flexibility index (Phi) is 4.00. The van der Waals surface area contributed by atoms with Crippen LogP contribution in [0.25, 0.3) is 5.65 Å². The van der Waals surface area contributed by atoms with Gasteiger partial charge in [0.1, 0.15) is 11.3 Å². The van der Waals surface area contributed by atoms with Gasteiger partial charge in [0.25, 0.3) is 11.5 Å². The van der Waals surface area contributed by atoms with Crippen LogP contribution in [0.1, 0.15) is 21.6 Å². The first-order valence-corrected chi connectivity index (χ1v) is 7.81. The molecule has 1 amide bonds. The van der Waals surface area contributed by atoms with Gasteiger partial charge in [-0.05, 0) is 49.7 Å². The molecule has 3 rings (SSSR count). The molecule has 2 aromatic heterocycles. The van der Waals surface area contributed by atoms with E-state index in [9.17, 15) is 9.59 Å². The van der Waals surface area contributed by atoms with Crippen molar-refractivity contribution < 1.29 is 4.79 Å². The number of benzene rings is 1. The van der Waals surface area contributed by atoms with Crippen LogP contribution in [-0.4, -0.2) is 15.3 Å². The van der Waals surface area contributed by atoms with Gasteiger partial charge in [-0.15, -0.1) is 0 Å². The first kappa shape index (κ1) is 15.4. The Morgan fingerprint density at radius 2 is 2.00 bits per heavy atom. The number of pyridine rings is 1. The molecular formula is C17H14BrN3O2. The number of hydrogen-bond donors (Lipinski definition) is 1. The molecule has 5 nitrogen and oxygen atoms in total. The number of aromatic nitrogens is 2. The van der Waals surface area contributed by atoms with Crippen LogP contribution in [0.5, 0.6) is 0 Å². The van der Waals surface area contributed by atoms with Crippen LogP contribution in [0.3, 0.4) is 0 Å². The Morgan fingerprint density at radius 3 is 2.74 bits per heavy atom. The summed E-state index contributed by atoms with van der Waals surface area (Å²) in [6, 6.07) is 10.6. The van der Waals surface area contributed by atoms with E-state index in [1.807, 2.05) is 25.1 Å². The molecule has 0 radical (unpaired) electrons. The Bertz CT molecular complexity index is 979. The molecule has 23 heavy (non-hydrogen) atoms. The van der Waals surface area contributed by atoms with Gasteiger partial charge in [-0.3, -0.25) is 14.0 Å². The van der Waals surface area contributed by atoms with Crippen molar-refractivity contribution in [3.63, 3.8) is 0 Å². The molecule has 1 aromatic carbocycles. The zero-order valence-corrected chi connectivity index (χ0v) is 14.2. The summed E-state index contributed by atoms with van der Waals surface area (Å²) in [5.41, 5.74) is 2.43. The summed E-state index contributed by atoms with van der Waals surface area (Å²) in [5.74, 6) is -0.347. The van der Waals surface area contributed by atoms with Gasteiger partial charge in [0.05, 0.1) is 5.69 Å². The topological polar surface area (TPSA) is 63.5 Å². The molecule has 0 saturated heterocycles. The lowest BCUT2D eigenvalue weighted by Crippen LogP contribution is -2.25. The predicted octanol–water partition coefficient (Wildman–Crippen LogP) is 3.33. The highest BCUT2D eigenvalue weighted by Gasteiger charge is 2.14. The lowest BCUT2D eigenvalue weighted by molar-refractivity contribution is 0.102. The molecule has 0 fully saturated rings. The van der Waals surface area contributed by atoms with Gasteiger partial charge in [-0.2, -0.15) is 0 Å². The number of hydrogen-bond acceptors (Lipinski definition) is 3. The van der Waals surface area contributed by atoms with Gasteiger partial charge in [-0.1, -0.05) is 22.0 Å². The molecule has 0 aliphatic heterocycles. The van der Waals surface area contributed by atoms with Crippen LogP contribution in [0, 0.1) is 13.8 Å². The molecule has 0 aliphatic rings. The summed E-state index contributed by atoms with van der Waals surface area (Å²) in [4.78, 5) is 29.3. The van der Waals surface area contributed by atoms with Crippen molar-refractivity contribution in [1.82, 2.24) is 9.38 Å². The number of rotatable bonds is 2. The molecule has 6 heteroatoms. The highest BCUT2D eigenvalue weighted by atomic mass is 79.9. The summed E-state index contributed by atoms with van der Waals surface area (Å²) in [6.45, 7) is 3.64. The van der Waals surface area contributed by atoms with Crippen LogP contribution in [0.15, 0.2) is 51.9 Å². The van der Waals surface area contributed by atoms with Crippen molar-refractivity contribution in [3.8, 4) is 0 Å². The zero-order chi connectivity index (χ0) is 16.6. The number of amides is 1. The van der Waals surface area contributed by atoms with Crippen molar-refractivity contribution in [2.24, 2.45) is 0 Å². The SMILES string of the molecule is Cc1ccn2c(=O)c(NC(=O)c3cccc(Br)c3)c(C)nc2c1. The van der Waals surface area contributed by atoms with Crippen LogP contribution < -0.4 is 10.9 Å². The molecule has 0 bridgehead atoms. The van der Waals surface area contributed by atoms with Gasteiger partial charge in [0.15, 0.2) is 0 Å². The van der Waals surface area contributed by atoms with Gasteiger partial charge in [0.2, 0.25) is 0 Å².